The Balaban J connectivity index is 2.41. The van der Waals surface area contributed by atoms with Crippen LogP contribution in [0.5, 0.6) is 5.75 Å². The lowest BCUT2D eigenvalue weighted by molar-refractivity contribution is 0.102. The predicted molar refractivity (Wildman–Crippen MR) is 49.8 cm³/mol. The smallest absolute Gasteiger partial charge is 0.120 e. The first-order valence-electron chi connectivity index (χ1n) is 3.53. The minimum absolute atomic E-state index is 0.395. The van der Waals surface area contributed by atoms with E-state index in [9.17, 15) is 0 Å². The van der Waals surface area contributed by atoms with Crippen LogP contribution in [0.1, 0.15) is 0 Å². The Hall–Kier alpha value is -0.580. The average Bonchev–Trinajstić information content (AvgIpc) is 2.05. The van der Waals surface area contributed by atoms with E-state index in [1.807, 2.05) is 24.3 Å². The van der Waals surface area contributed by atoms with Crippen molar-refractivity contribution in [2.75, 3.05) is 13.2 Å². The molecule has 0 unspecified atom stereocenters. The zero-order chi connectivity index (χ0) is 8.81. The summed E-state index contributed by atoms with van der Waals surface area (Å²) in [6.07, 6.45) is 0. The Kier molecular flexibility index (Phi) is 4.07. The molecule has 66 valence electrons. The van der Waals surface area contributed by atoms with E-state index in [1.165, 1.54) is 0 Å². The first kappa shape index (κ1) is 9.51. The summed E-state index contributed by atoms with van der Waals surface area (Å²) in [6.45, 7) is 0.861. The molecule has 0 fully saturated rings. The molecule has 4 heteroatoms. The van der Waals surface area contributed by atoms with Gasteiger partial charge in [0.1, 0.15) is 19.0 Å². The van der Waals surface area contributed by atoms with Crippen LogP contribution in [-0.2, 0) is 4.84 Å². The topological polar surface area (TPSA) is 44.5 Å². The third-order valence-corrected chi connectivity index (χ3v) is 1.76. The molecule has 0 aliphatic heterocycles. The van der Waals surface area contributed by atoms with Crippen LogP contribution >= 0.6 is 15.9 Å². The van der Waals surface area contributed by atoms with Crippen LogP contribution in [-0.4, -0.2) is 13.2 Å². The predicted octanol–water partition coefficient (Wildman–Crippen LogP) is 1.72. The first-order valence-corrected chi connectivity index (χ1v) is 4.32. The molecular weight excluding hydrogens is 222 g/mol. The number of rotatable bonds is 4. The Morgan fingerprint density at radius 3 is 2.83 bits per heavy atom. The van der Waals surface area contributed by atoms with Crippen molar-refractivity contribution in [2.45, 2.75) is 0 Å². The van der Waals surface area contributed by atoms with Crippen molar-refractivity contribution in [3.8, 4) is 5.75 Å². The number of halogens is 1. The Labute approximate surface area is 79.5 Å². The number of ether oxygens (including phenoxy) is 1. The third-order valence-electron chi connectivity index (χ3n) is 1.27. The van der Waals surface area contributed by atoms with Gasteiger partial charge in [-0.05, 0) is 18.2 Å². The standard InChI is InChI=1S/C8H10BrNO2/c9-7-2-1-3-8(6-7)11-4-5-12-10/h1-3,6H,4-5,10H2. The molecule has 0 aliphatic rings. The lowest BCUT2D eigenvalue weighted by atomic mass is 10.3. The highest BCUT2D eigenvalue weighted by Crippen LogP contribution is 2.17. The normalized spacial score (nSPS) is 9.83. The average molecular weight is 232 g/mol. The molecule has 1 aromatic carbocycles. The van der Waals surface area contributed by atoms with Gasteiger partial charge < -0.3 is 9.57 Å². The summed E-state index contributed by atoms with van der Waals surface area (Å²) in [4.78, 5) is 4.36. The van der Waals surface area contributed by atoms with Gasteiger partial charge in [-0.2, -0.15) is 0 Å². The van der Waals surface area contributed by atoms with Gasteiger partial charge in [-0.15, -0.1) is 0 Å². The van der Waals surface area contributed by atoms with Crippen LogP contribution < -0.4 is 10.6 Å². The summed E-state index contributed by atoms with van der Waals surface area (Å²) in [5.41, 5.74) is 0. The van der Waals surface area contributed by atoms with Gasteiger partial charge in [0.25, 0.3) is 0 Å². The van der Waals surface area contributed by atoms with E-state index < -0.39 is 0 Å². The van der Waals surface area contributed by atoms with Gasteiger partial charge >= 0.3 is 0 Å². The van der Waals surface area contributed by atoms with Crippen molar-refractivity contribution < 1.29 is 9.57 Å². The molecular formula is C8H10BrNO2. The van der Waals surface area contributed by atoms with Crippen molar-refractivity contribution in [3.05, 3.63) is 28.7 Å². The zero-order valence-corrected chi connectivity index (χ0v) is 8.08. The summed E-state index contributed by atoms with van der Waals surface area (Å²) >= 11 is 3.34. The Bertz CT molecular complexity index is 242. The zero-order valence-electron chi connectivity index (χ0n) is 6.50. The van der Waals surface area contributed by atoms with Crippen LogP contribution in [0.25, 0.3) is 0 Å². The summed E-state index contributed by atoms with van der Waals surface area (Å²) in [5, 5.41) is 0. The second-order valence-electron chi connectivity index (χ2n) is 2.18. The van der Waals surface area contributed by atoms with Gasteiger partial charge in [0.05, 0.1) is 0 Å². The van der Waals surface area contributed by atoms with Gasteiger partial charge in [-0.25, -0.2) is 5.90 Å². The molecule has 3 nitrogen and oxygen atoms in total. The van der Waals surface area contributed by atoms with Crippen LogP contribution in [0.2, 0.25) is 0 Å². The van der Waals surface area contributed by atoms with E-state index in [0.29, 0.717) is 13.2 Å². The summed E-state index contributed by atoms with van der Waals surface area (Å²) < 4.78 is 6.29. The third kappa shape index (κ3) is 3.21. The molecule has 2 N–H and O–H groups in total. The fourth-order valence-corrected chi connectivity index (χ4v) is 1.14. The van der Waals surface area contributed by atoms with E-state index >= 15 is 0 Å². The lowest BCUT2D eigenvalue weighted by Gasteiger charge is -2.04. The maximum Gasteiger partial charge on any atom is 0.120 e. The van der Waals surface area contributed by atoms with Crippen molar-refractivity contribution in [3.63, 3.8) is 0 Å². The number of benzene rings is 1. The maximum absolute atomic E-state index is 5.29. The molecule has 0 aliphatic carbocycles. The molecule has 0 atom stereocenters. The van der Waals surface area contributed by atoms with Crippen LogP contribution in [0.3, 0.4) is 0 Å². The second-order valence-corrected chi connectivity index (χ2v) is 3.09. The monoisotopic (exact) mass is 231 g/mol. The first-order chi connectivity index (χ1) is 5.83. The van der Waals surface area contributed by atoms with E-state index in [-0.39, 0.29) is 0 Å². The maximum atomic E-state index is 5.29. The number of hydrogen-bond acceptors (Lipinski definition) is 3. The molecule has 1 aromatic rings. The fraction of sp³-hybridized carbons (Fsp3) is 0.250. The quantitative estimate of drug-likeness (QED) is 0.634. The summed E-state index contributed by atoms with van der Waals surface area (Å²) in [5.74, 6) is 5.64. The SMILES string of the molecule is NOCCOc1cccc(Br)c1. The molecule has 0 bridgehead atoms. The van der Waals surface area contributed by atoms with Crippen LogP contribution in [0.4, 0.5) is 0 Å². The van der Waals surface area contributed by atoms with Crippen molar-refractivity contribution in [1.82, 2.24) is 0 Å². The largest absolute Gasteiger partial charge is 0.491 e. The Morgan fingerprint density at radius 2 is 2.17 bits per heavy atom. The van der Waals surface area contributed by atoms with E-state index in [2.05, 4.69) is 20.8 Å². The van der Waals surface area contributed by atoms with Crippen molar-refractivity contribution in [1.29, 1.82) is 0 Å². The van der Waals surface area contributed by atoms with E-state index in [1.54, 1.807) is 0 Å². The molecule has 0 saturated heterocycles. The number of nitrogens with two attached hydrogens (primary N) is 1. The summed E-state index contributed by atoms with van der Waals surface area (Å²) in [7, 11) is 0. The minimum Gasteiger partial charge on any atom is -0.491 e. The van der Waals surface area contributed by atoms with E-state index in [4.69, 9.17) is 10.6 Å². The van der Waals surface area contributed by atoms with E-state index in [0.717, 1.165) is 10.2 Å². The minimum atomic E-state index is 0.395. The number of hydrogen-bond donors (Lipinski definition) is 1. The molecule has 0 saturated carbocycles. The summed E-state index contributed by atoms with van der Waals surface area (Å²) in [6, 6.07) is 7.60. The van der Waals surface area contributed by atoms with Gasteiger partial charge in [-0.3, -0.25) is 0 Å². The Morgan fingerprint density at radius 1 is 1.33 bits per heavy atom. The second kappa shape index (κ2) is 5.13. The van der Waals surface area contributed by atoms with Gasteiger partial charge in [0.2, 0.25) is 0 Å². The van der Waals surface area contributed by atoms with Gasteiger partial charge in [0.15, 0.2) is 0 Å². The highest BCUT2D eigenvalue weighted by Gasteiger charge is 1.93. The van der Waals surface area contributed by atoms with Gasteiger partial charge in [-0.1, -0.05) is 22.0 Å². The molecule has 0 spiro atoms. The van der Waals surface area contributed by atoms with Crippen molar-refractivity contribution in [2.24, 2.45) is 5.90 Å². The molecule has 0 amide bonds. The molecule has 0 aromatic heterocycles. The highest BCUT2D eigenvalue weighted by molar-refractivity contribution is 9.10. The fourth-order valence-electron chi connectivity index (χ4n) is 0.764. The highest BCUT2D eigenvalue weighted by atomic mass is 79.9. The van der Waals surface area contributed by atoms with Crippen molar-refractivity contribution >= 4 is 15.9 Å². The molecule has 0 radical (unpaired) electrons. The van der Waals surface area contributed by atoms with Crippen LogP contribution in [0.15, 0.2) is 28.7 Å². The molecule has 1 rings (SSSR count). The molecule has 0 heterocycles. The van der Waals surface area contributed by atoms with Gasteiger partial charge in [0, 0.05) is 4.47 Å². The molecule has 12 heavy (non-hydrogen) atoms. The van der Waals surface area contributed by atoms with Crippen LogP contribution in [0, 0.1) is 0 Å². The lowest BCUT2D eigenvalue weighted by Crippen LogP contribution is -2.09.